The van der Waals surface area contributed by atoms with Gasteiger partial charge in [0.1, 0.15) is 11.6 Å². The molecule has 7 nitrogen and oxygen atoms in total. The highest BCUT2D eigenvalue weighted by Crippen LogP contribution is 2.31. The standard InChI is InChI=1S/C20H20ClN3O4S/c1-27-19-6-3-15(21)13-18(19)23-20-7-2-14-12-16(4-5-17(14)22-20)29(25,26)24-8-10-28-11-9-24/h2-7,12-13H,8-11H2,1H3,(H,22,23). The molecule has 29 heavy (non-hydrogen) atoms. The molecule has 0 amide bonds. The van der Waals surface area contributed by atoms with Crippen LogP contribution in [-0.2, 0) is 14.8 Å². The first kappa shape index (κ1) is 19.9. The molecule has 152 valence electrons. The summed E-state index contributed by atoms with van der Waals surface area (Å²) in [6.45, 7) is 1.55. The van der Waals surface area contributed by atoms with Crippen LogP contribution >= 0.6 is 11.6 Å². The van der Waals surface area contributed by atoms with E-state index in [-0.39, 0.29) is 4.90 Å². The van der Waals surface area contributed by atoms with Crippen LogP contribution < -0.4 is 10.1 Å². The number of aromatic nitrogens is 1. The van der Waals surface area contributed by atoms with Crippen LogP contribution in [0.15, 0.2) is 53.4 Å². The van der Waals surface area contributed by atoms with E-state index >= 15 is 0 Å². The molecule has 4 rings (SSSR count). The Balaban J connectivity index is 1.63. The number of morpholine rings is 1. The second kappa shape index (κ2) is 8.16. The van der Waals surface area contributed by atoms with E-state index < -0.39 is 10.0 Å². The van der Waals surface area contributed by atoms with Gasteiger partial charge in [0.05, 0.1) is 36.4 Å². The maximum Gasteiger partial charge on any atom is 0.243 e. The second-order valence-corrected chi connectivity index (χ2v) is 8.91. The molecule has 9 heteroatoms. The number of fused-ring (bicyclic) bond motifs is 1. The first-order valence-corrected chi connectivity index (χ1v) is 10.9. The SMILES string of the molecule is COc1ccc(Cl)cc1Nc1ccc2cc(S(=O)(=O)N3CCOCC3)ccc2n1. The van der Waals surface area contributed by atoms with Crippen LogP contribution in [0.25, 0.3) is 10.9 Å². The van der Waals surface area contributed by atoms with E-state index in [2.05, 4.69) is 10.3 Å². The molecule has 0 bridgehead atoms. The van der Waals surface area contributed by atoms with E-state index in [4.69, 9.17) is 21.1 Å². The molecule has 1 fully saturated rings. The van der Waals surface area contributed by atoms with Crippen molar-refractivity contribution in [2.45, 2.75) is 4.90 Å². The first-order chi connectivity index (χ1) is 14.0. The lowest BCUT2D eigenvalue weighted by atomic mass is 10.2. The first-order valence-electron chi connectivity index (χ1n) is 9.07. The van der Waals surface area contributed by atoms with Gasteiger partial charge in [-0.2, -0.15) is 4.31 Å². The number of pyridine rings is 1. The average molecular weight is 434 g/mol. The lowest BCUT2D eigenvalue weighted by molar-refractivity contribution is 0.0730. The summed E-state index contributed by atoms with van der Waals surface area (Å²) in [4.78, 5) is 4.83. The van der Waals surface area contributed by atoms with Crippen molar-refractivity contribution in [2.75, 3.05) is 38.7 Å². The summed E-state index contributed by atoms with van der Waals surface area (Å²) in [5, 5.41) is 4.51. The Labute approximate surface area is 174 Å². The van der Waals surface area contributed by atoms with E-state index in [0.29, 0.717) is 54.1 Å². The van der Waals surface area contributed by atoms with Gasteiger partial charge in [0.2, 0.25) is 10.0 Å². The number of halogens is 1. The summed E-state index contributed by atoms with van der Waals surface area (Å²) >= 11 is 6.07. The van der Waals surface area contributed by atoms with Crippen molar-refractivity contribution in [3.63, 3.8) is 0 Å². The highest BCUT2D eigenvalue weighted by Gasteiger charge is 2.26. The zero-order valence-corrected chi connectivity index (χ0v) is 17.3. The van der Waals surface area contributed by atoms with Crippen molar-refractivity contribution >= 4 is 44.0 Å². The largest absolute Gasteiger partial charge is 0.495 e. The molecule has 0 spiro atoms. The maximum absolute atomic E-state index is 12.9. The summed E-state index contributed by atoms with van der Waals surface area (Å²) in [6.07, 6.45) is 0. The third-order valence-electron chi connectivity index (χ3n) is 4.69. The molecule has 2 heterocycles. The quantitative estimate of drug-likeness (QED) is 0.661. The molecule has 0 aliphatic carbocycles. The fourth-order valence-electron chi connectivity index (χ4n) is 3.19. The average Bonchev–Trinajstić information content (AvgIpc) is 2.74. The number of rotatable bonds is 5. The molecular formula is C20H20ClN3O4S. The van der Waals surface area contributed by atoms with Crippen LogP contribution in [0.4, 0.5) is 11.5 Å². The van der Waals surface area contributed by atoms with E-state index in [1.165, 1.54) is 4.31 Å². The number of methoxy groups -OCH3 is 1. The molecule has 1 N–H and O–H groups in total. The van der Waals surface area contributed by atoms with Crippen molar-refractivity contribution in [3.8, 4) is 5.75 Å². The highest BCUT2D eigenvalue weighted by molar-refractivity contribution is 7.89. The Hall–Kier alpha value is -2.39. The van der Waals surface area contributed by atoms with Gasteiger partial charge in [-0.1, -0.05) is 11.6 Å². The van der Waals surface area contributed by atoms with Crippen LogP contribution in [0.1, 0.15) is 0 Å². The number of anilines is 2. The maximum atomic E-state index is 12.9. The molecule has 1 aromatic heterocycles. The monoisotopic (exact) mass is 433 g/mol. The summed E-state index contributed by atoms with van der Waals surface area (Å²) in [5.74, 6) is 1.24. The van der Waals surface area contributed by atoms with E-state index in [1.54, 1.807) is 49.6 Å². The number of nitrogens with one attached hydrogen (secondary N) is 1. The molecule has 1 saturated heterocycles. The Morgan fingerprint density at radius 2 is 1.90 bits per heavy atom. The van der Waals surface area contributed by atoms with Crippen LogP contribution in [0.5, 0.6) is 5.75 Å². The smallest absolute Gasteiger partial charge is 0.243 e. The van der Waals surface area contributed by atoms with Crippen molar-refractivity contribution in [2.24, 2.45) is 0 Å². The molecule has 0 atom stereocenters. The predicted octanol–water partition coefficient (Wildman–Crippen LogP) is 3.66. The van der Waals surface area contributed by atoms with Gasteiger partial charge in [0.25, 0.3) is 0 Å². The summed E-state index contributed by atoms with van der Waals surface area (Å²) in [6, 6.07) is 13.8. The molecule has 1 aliphatic rings. The number of ether oxygens (including phenoxy) is 2. The fourth-order valence-corrected chi connectivity index (χ4v) is 4.80. The Morgan fingerprint density at radius 1 is 1.10 bits per heavy atom. The van der Waals surface area contributed by atoms with E-state index in [1.807, 2.05) is 6.07 Å². The van der Waals surface area contributed by atoms with Crippen molar-refractivity contribution in [3.05, 3.63) is 53.6 Å². The predicted molar refractivity (Wildman–Crippen MR) is 113 cm³/mol. The van der Waals surface area contributed by atoms with E-state index in [9.17, 15) is 8.42 Å². The van der Waals surface area contributed by atoms with Crippen LogP contribution in [0.3, 0.4) is 0 Å². The molecule has 3 aromatic rings. The van der Waals surface area contributed by atoms with Crippen LogP contribution in [0, 0.1) is 0 Å². The van der Waals surface area contributed by atoms with E-state index in [0.717, 1.165) is 5.39 Å². The molecular weight excluding hydrogens is 414 g/mol. The highest BCUT2D eigenvalue weighted by atomic mass is 35.5. The van der Waals surface area contributed by atoms with Crippen molar-refractivity contribution in [1.82, 2.24) is 9.29 Å². The van der Waals surface area contributed by atoms with Gasteiger partial charge in [-0.25, -0.2) is 13.4 Å². The van der Waals surface area contributed by atoms with Gasteiger partial charge in [0.15, 0.2) is 0 Å². The number of sulfonamides is 1. The number of benzene rings is 2. The van der Waals surface area contributed by atoms with Gasteiger partial charge in [-0.15, -0.1) is 0 Å². The van der Waals surface area contributed by atoms with Gasteiger partial charge in [-0.3, -0.25) is 0 Å². The minimum absolute atomic E-state index is 0.255. The molecule has 0 radical (unpaired) electrons. The minimum atomic E-state index is -3.55. The minimum Gasteiger partial charge on any atom is -0.495 e. The van der Waals surface area contributed by atoms with Gasteiger partial charge in [-0.05, 0) is 48.5 Å². The number of nitrogens with zero attached hydrogens (tertiary/aromatic N) is 2. The number of hydrogen-bond acceptors (Lipinski definition) is 6. The Kier molecular flexibility index (Phi) is 5.60. The summed E-state index contributed by atoms with van der Waals surface area (Å²) in [7, 11) is -1.97. The Morgan fingerprint density at radius 3 is 2.66 bits per heavy atom. The fraction of sp³-hybridized carbons (Fsp3) is 0.250. The number of hydrogen-bond donors (Lipinski definition) is 1. The van der Waals surface area contributed by atoms with Crippen LogP contribution in [-0.4, -0.2) is 51.1 Å². The topological polar surface area (TPSA) is 80.8 Å². The zero-order chi connectivity index (χ0) is 20.4. The lowest BCUT2D eigenvalue weighted by Gasteiger charge is -2.26. The Bertz CT molecular complexity index is 1150. The molecule has 2 aromatic carbocycles. The van der Waals surface area contributed by atoms with Gasteiger partial charge in [0, 0.05) is 23.5 Å². The second-order valence-electron chi connectivity index (χ2n) is 6.54. The summed E-state index contributed by atoms with van der Waals surface area (Å²) < 4.78 is 37.7. The molecule has 0 unspecified atom stereocenters. The molecule has 1 aliphatic heterocycles. The van der Waals surface area contributed by atoms with Gasteiger partial charge >= 0.3 is 0 Å². The van der Waals surface area contributed by atoms with Crippen LogP contribution in [0.2, 0.25) is 5.02 Å². The van der Waals surface area contributed by atoms with Crippen molar-refractivity contribution in [1.29, 1.82) is 0 Å². The van der Waals surface area contributed by atoms with Crippen molar-refractivity contribution < 1.29 is 17.9 Å². The lowest BCUT2D eigenvalue weighted by Crippen LogP contribution is -2.40. The van der Waals surface area contributed by atoms with Gasteiger partial charge < -0.3 is 14.8 Å². The third kappa shape index (κ3) is 4.16. The summed E-state index contributed by atoms with van der Waals surface area (Å²) in [5.41, 5.74) is 1.37. The third-order valence-corrected chi connectivity index (χ3v) is 6.82. The zero-order valence-electron chi connectivity index (χ0n) is 15.8. The molecule has 0 saturated carbocycles. The normalized spacial score (nSPS) is 15.4.